The summed E-state index contributed by atoms with van der Waals surface area (Å²) < 4.78 is 28.7. The largest absolute Gasteiger partial charge is 0.370 e. The van der Waals surface area contributed by atoms with Crippen LogP contribution in [0.3, 0.4) is 0 Å². The van der Waals surface area contributed by atoms with Crippen molar-refractivity contribution in [2.75, 3.05) is 0 Å². The number of hydrogen-bond donors (Lipinski definition) is 2. The predicted molar refractivity (Wildman–Crippen MR) is 93.4 cm³/mol. The Morgan fingerprint density at radius 1 is 1.12 bits per heavy atom. The molecule has 4 N–H and O–H groups in total. The molecule has 2 aromatic carbocycles. The number of carbonyl (C=O) groups excluding carboxylic acids is 1. The number of hydrogen-bond acceptors (Lipinski definition) is 1. The van der Waals surface area contributed by atoms with Crippen molar-refractivity contribution >= 4 is 29.0 Å². The van der Waals surface area contributed by atoms with Crippen LogP contribution in [0.15, 0.2) is 41.4 Å². The zero-order valence-electron chi connectivity index (χ0n) is 13.0. The highest BCUT2D eigenvalue weighted by Crippen LogP contribution is 2.36. The summed E-state index contributed by atoms with van der Waals surface area (Å²) >= 11 is 5.69. The van der Waals surface area contributed by atoms with Gasteiger partial charge in [0.15, 0.2) is 5.96 Å². The molecule has 0 saturated carbocycles. The Bertz CT molecular complexity index is 911. The maximum absolute atomic E-state index is 14.3. The number of carbonyl (C=O) groups is 1. The van der Waals surface area contributed by atoms with E-state index in [0.29, 0.717) is 24.0 Å². The predicted octanol–water partition coefficient (Wildman–Crippen LogP) is 3.41. The van der Waals surface area contributed by atoms with Crippen LogP contribution in [0, 0.1) is 11.6 Å². The monoisotopic (exact) mass is 361 g/mol. The van der Waals surface area contributed by atoms with Crippen molar-refractivity contribution in [2.24, 2.45) is 16.5 Å². The van der Waals surface area contributed by atoms with Gasteiger partial charge in [-0.2, -0.15) is 4.99 Å². The van der Waals surface area contributed by atoms with Gasteiger partial charge in [0.2, 0.25) is 0 Å². The molecule has 0 aliphatic heterocycles. The molecule has 25 heavy (non-hydrogen) atoms. The standard InChI is InChI=1S/C18H14ClF2N3O/c19-11-7-14(20)16(15(21)8-11)12-3-1-2-9-4-5-10(6-13(9)12)17(25)24-18(22)23/h3-8H,1-2H2,(H4,22,23,24,25). The Balaban J connectivity index is 2.14. The van der Waals surface area contributed by atoms with Gasteiger partial charge in [-0.05, 0) is 53.8 Å². The Hall–Kier alpha value is -2.73. The van der Waals surface area contributed by atoms with Crippen molar-refractivity contribution < 1.29 is 13.6 Å². The number of allylic oxidation sites excluding steroid dienone is 1. The maximum atomic E-state index is 14.3. The molecule has 4 nitrogen and oxygen atoms in total. The molecule has 0 fully saturated rings. The third-order valence-electron chi connectivity index (χ3n) is 3.92. The van der Waals surface area contributed by atoms with Crippen LogP contribution in [-0.4, -0.2) is 11.9 Å². The van der Waals surface area contributed by atoms with Crippen molar-refractivity contribution in [1.29, 1.82) is 0 Å². The van der Waals surface area contributed by atoms with E-state index >= 15 is 0 Å². The molecule has 2 aromatic rings. The lowest BCUT2D eigenvalue weighted by Gasteiger charge is -2.20. The molecule has 3 rings (SSSR count). The van der Waals surface area contributed by atoms with Crippen LogP contribution in [0.25, 0.3) is 5.57 Å². The van der Waals surface area contributed by atoms with Crippen LogP contribution in [0.1, 0.15) is 33.5 Å². The molecule has 1 aliphatic rings. The lowest BCUT2D eigenvalue weighted by Crippen LogP contribution is -2.24. The van der Waals surface area contributed by atoms with Crippen molar-refractivity contribution in [3.63, 3.8) is 0 Å². The highest BCUT2D eigenvalue weighted by molar-refractivity contribution is 6.30. The van der Waals surface area contributed by atoms with Gasteiger partial charge in [0.1, 0.15) is 11.6 Å². The minimum absolute atomic E-state index is 0.0212. The highest BCUT2D eigenvalue weighted by atomic mass is 35.5. The summed E-state index contributed by atoms with van der Waals surface area (Å²) in [6.07, 6.45) is 3.07. The van der Waals surface area contributed by atoms with E-state index < -0.39 is 17.5 Å². The first-order valence-electron chi connectivity index (χ1n) is 7.49. The second kappa shape index (κ2) is 6.64. The van der Waals surface area contributed by atoms with E-state index in [1.165, 1.54) is 0 Å². The zero-order chi connectivity index (χ0) is 18.1. The van der Waals surface area contributed by atoms with Gasteiger partial charge in [0.25, 0.3) is 5.91 Å². The van der Waals surface area contributed by atoms with Crippen molar-refractivity contribution in [1.82, 2.24) is 0 Å². The van der Waals surface area contributed by atoms with E-state index in [1.54, 1.807) is 24.3 Å². The average molecular weight is 362 g/mol. The molecule has 0 heterocycles. The van der Waals surface area contributed by atoms with Crippen LogP contribution < -0.4 is 11.5 Å². The van der Waals surface area contributed by atoms with Crippen LogP contribution in [-0.2, 0) is 6.42 Å². The van der Waals surface area contributed by atoms with E-state index in [1.807, 2.05) is 0 Å². The second-order valence-corrected chi connectivity index (χ2v) is 6.05. The first kappa shape index (κ1) is 17.1. The Morgan fingerprint density at radius 2 is 1.80 bits per heavy atom. The van der Waals surface area contributed by atoms with Gasteiger partial charge in [0, 0.05) is 10.6 Å². The number of guanidine groups is 1. The van der Waals surface area contributed by atoms with Gasteiger partial charge in [-0.3, -0.25) is 4.79 Å². The third-order valence-corrected chi connectivity index (χ3v) is 4.13. The smallest absolute Gasteiger partial charge is 0.280 e. The number of rotatable bonds is 2. The molecule has 0 spiro atoms. The molecule has 0 aromatic heterocycles. The van der Waals surface area contributed by atoms with E-state index in [4.69, 9.17) is 23.1 Å². The molecule has 1 aliphatic carbocycles. The number of fused-ring (bicyclic) bond motifs is 1. The minimum atomic E-state index is -0.759. The summed E-state index contributed by atoms with van der Waals surface area (Å²) in [6, 6.07) is 6.99. The summed E-state index contributed by atoms with van der Waals surface area (Å²) in [5, 5.41) is -0.0212. The number of halogens is 3. The Kier molecular flexibility index (Phi) is 4.55. The number of aryl methyl sites for hydroxylation is 1. The first-order valence-corrected chi connectivity index (χ1v) is 7.87. The number of nitrogens with zero attached hydrogens (tertiary/aromatic N) is 1. The van der Waals surface area contributed by atoms with Crippen LogP contribution in [0.5, 0.6) is 0 Å². The van der Waals surface area contributed by atoms with Crippen molar-refractivity contribution in [3.05, 3.63) is 75.3 Å². The molecule has 0 bridgehead atoms. The summed E-state index contributed by atoms with van der Waals surface area (Å²) in [5.74, 6) is -2.49. The van der Waals surface area contributed by atoms with E-state index in [9.17, 15) is 13.6 Å². The molecule has 0 unspecified atom stereocenters. The molecular weight excluding hydrogens is 348 g/mol. The van der Waals surface area contributed by atoms with Crippen LogP contribution >= 0.6 is 11.6 Å². The number of benzene rings is 2. The molecule has 1 amide bonds. The second-order valence-electron chi connectivity index (χ2n) is 5.61. The van der Waals surface area contributed by atoms with Crippen LogP contribution in [0.4, 0.5) is 8.78 Å². The first-order chi connectivity index (χ1) is 11.9. The number of nitrogens with two attached hydrogens (primary N) is 2. The topological polar surface area (TPSA) is 81.5 Å². The van der Waals surface area contributed by atoms with Crippen molar-refractivity contribution in [2.45, 2.75) is 12.8 Å². The van der Waals surface area contributed by atoms with Gasteiger partial charge in [0.05, 0.1) is 5.56 Å². The average Bonchev–Trinajstić information content (AvgIpc) is 2.53. The molecule has 7 heteroatoms. The van der Waals surface area contributed by atoms with Gasteiger partial charge in [-0.1, -0.05) is 23.7 Å². The zero-order valence-corrected chi connectivity index (χ0v) is 13.8. The molecule has 0 saturated heterocycles. The summed E-state index contributed by atoms with van der Waals surface area (Å²) in [7, 11) is 0. The molecular formula is C18H14ClF2N3O. The molecule has 0 radical (unpaired) electrons. The lowest BCUT2D eigenvalue weighted by atomic mass is 9.85. The molecule has 128 valence electrons. The van der Waals surface area contributed by atoms with Gasteiger partial charge in [-0.15, -0.1) is 0 Å². The fourth-order valence-corrected chi connectivity index (χ4v) is 3.07. The molecule has 0 atom stereocenters. The van der Waals surface area contributed by atoms with Crippen molar-refractivity contribution in [3.8, 4) is 0 Å². The minimum Gasteiger partial charge on any atom is -0.370 e. The third kappa shape index (κ3) is 3.39. The summed E-state index contributed by atoms with van der Waals surface area (Å²) in [4.78, 5) is 15.5. The van der Waals surface area contributed by atoms with Gasteiger partial charge in [-0.25, -0.2) is 8.78 Å². The van der Waals surface area contributed by atoms with E-state index in [-0.39, 0.29) is 22.1 Å². The van der Waals surface area contributed by atoms with Gasteiger partial charge >= 0.3 is 0 Å². The number of amides is 1. The SMILES string of the molecule is NC(N)=NC(=O)c1ccc2c(c1)C(c1c(F)cc(Cl)cc1F)=CCC2. The van der Waals surface area contributed by atoms with E-state index in [2.05, 4.69) is 4.99 Å². The summed E-state index contributed by atoms with van der Waals surface area (Å²) in [5.41, 5.74) is 12.3. The Labute approximate surface area is 147 Å². The van der Waals surface area contributed by atoms with E-state index in [0.717, 1.165) is 17.7 Å². The quantitative estimate of drug-likeness (QED) is 0.635. The maximum Gasteiger partial charge on any atom is 0.280 e. The fourth-order valence-electron chi connectivity index (χ4n) is 2.88. The Morgan fingerprint density at radius 3 is 2.44 bits per heavy atom. The highest BCUT2D eigenvalue weighted by Gasteiger charge is 2.22. The normalized spacial score (nSPS) is 13.0. The van der Waals surface area contributed by atoms with Crippen LogP contribution in [0.2, 0.25) is 5.02 Å². The summed E-state index contributed by atoms with van der Waals surface area (Å²) in [6.45, 7) is 0. The lowest BCUT2D eigenvalue weighted by molar-refractivity contribution is 0.100. The fraction of sp³-hybridized carbons (Fsp3) is 0.111. The van der Waals surface area contributed by atoms with Gasteiger partial charge < -0.3 is 11.5 Å². The number of aliphatic imine (C=N–C) groups is 1.